The first kappa shape index (κ1) is 13.5. The summed E-state index contributed by atoms with van der Waals surface area (Å²) in [5.41, 5.74) is 0.787. The largest absolute Gasteiger partial charge is 0.301 e. The molecule has 1 heterocycles. The number of benzene rings is 1. The molecule has 1 saturated heterocycles. The molecule has 0 bridgehead atoms. The van der Waals surface area contributed by atoms with Gasteiger partial charge in [-0.25, -0.2) is 4.39 Å². The van der Waals surface area contributed by atoms with Gasteiger partial charge in [0.25, 0.3) is 0 Å². The molecule has 0 atom stereocenters. The number of rotatable bonds is 4. The Balaban J connectivity index is 1.55. The Labute approximate surface area is 119 Å². The van der Waals surface area contributed by atoms with E-state index in [2.05, 4.69) is 9.80 Å². The summed E-state index contributed by atoms with van der Waals surface area (Å²) in [7, 11) is 0. The average Bonchev–Trinajstić information content (AvgIpc) is 3.27. The Kier molecular flexibility index (Phi) is 4.00. The molecule has 4 heteroatoms. The molecule has 1 aromatic carbocycles. The van der Waals surface area contributed by atoms with Gasteiger partial charge >= 0.3 is 0 Å². The number of hydrogen-bond acceptors (Lipinski definition) is 3. The van der Waals surface area contributed by atoms with Crippen LogP contribution in [0.4, 0.5) is 4.39 Å². The van der Waals surface area contributed by atoms with Gasteiger partial charge in [0.2, 0.25) is 0 Å². The van der Waals surface area contributed by atoms with Crippen molar-refractivity contribution in [2.45, 2.75) is 19.4 Å². The van der Waals surface area contributed by atoms with Crippen molar-refractivity contribution in [2.24, 2.45) is 5.92 Å². The van der Waals surface area contributed by atoms with Crippen LogP contribution in [-0.2, 0) is 6.54 Å². The molecule has 2 fully saturated rings. The predicted octanol–water partition coefficient (Wildman–Crippen LogP) is 2.22. The van der Waals surface area contributed by atoms with Gasteiger partial charge in [0.05, 0.1) is 5.56 Å². The van der Waals surface area contributed by atoms with Crippen molar-refractivity contribution in [3.05, 3.63) is 35.1 Å². The van der Waals surface area contributed by atoms with E-state index in [1.165, 1.54) is 25.5 Å². The molecule has 1 aliphatic carbocycles. The lowest BCUT2D eigenvalue weighted by Gasteiger charge is -2.34. The van der Waals surface area contributed by atoms with Crippen molar-refractivity contribution >= 4 is 0 Å². The monoisotopic (exact) mass is 273 g/mol. The average molecular weight is 273 g/mol. The van der Waals surface area contributed by atoms with Gasteiger partial charge in [-0.3, -0.25) is 4.90 Å². The van der Waals surface area contributed by atoms with Gasteiger partial charge in [-0.05, 0) is 24.8 Å². The van der Waals surface area contributed by atoms with Gasteiger partial charge in [0.15, 0.2) is 0 Å². The van der Waals surface area contributed by atoms with E-state index < -0.39 is 0 Å². The summed E-state index contributed by atoms with van der Waals surface area (Å²) in [6.07, 6.45) is 2.79. The van der Waals surface area contributed by atoms with Crippen LogP contribution in [0.3, 0.4) is 0 Å². The van der Waals surface area contributed by atoms with E-state index >= 15 is 0 Å². The van der Waals surface area contributed by atoms with Gasteiger partial charge in [-0.1, -0.05) is 12.1 Å². The zero-order valence-electron chi connectivity index (χ0n) is 11.7. The first-order valence-electron chi connectivity index (χ1n) is 7.38. The summed E-state index contributed by atoms with van der Waals surface area (Å²) >= 11 is 0. The lowest BCUT2D eigenvalue weighted by Crippen LogP contribution is -2.46. The van der Waals surface area contributed by atoms with Crippen LogP contribution in [0.1, 0.15) is 24.0 Å². The second-order valence-corrected chi connectivity index (χ2v) is 5.91. The summed E-state index contributed by atoms with van der Waals surface area (Å²) in [4.78, 5) is 4.80. The molecule has 3 nitrogen and oxygen atoms in total. The van der Waals surface area contributed by atoms with Gasteiger partial charge in [-0.2, -0.15) is 5.26 Å². The van der Waals surface area contributed by atoms with Crippen LogP contribution in [0, 0.1) is 23.1 Å². The Morgan fingerprint density at radius 2 is 1.85 bits per heavy atom. The summed E-state index contributed by atoms with van der Waals surface area (Å²) in [5.74, 6) is 0.585. The Morgan fingerprint density at radius 3 is 2.50 bits per heavy atom. The van der Waals surface area contributed by atoms with Crippen molar-refractivity contribution in [3.63, 3.8) is 0 Å². The van der Waals surface area contributed by atoms with E-state index in [0.717, 1.165) is 32.1 Å². The minimum atomic E-state index is -0.351. The van der Waals surface area contributed by atoms with E-state index in [9.17, 15) is 4.39 Å². The highest BCUT2D eigenvalue weighted by Gasteiger charge is 2.26. The fourth-order valence-electron chi connectivity index (χ4n) is 2.82. The second-order valence-electron chi connectivity index (χ2n) is 5.91. The molecule has 106 valence electrons. The highest BCUT2D eigenvalue weighted by Crippen LogP contribution is 2.30. The van der Waals surface area contributed by atoms with Gasteiger partial charge in [0, 0.05) is 44.8 Å². The summed E-state index contributed by atoms with van der Waals surface area (Å²) in [5, 5.41) is 8.86. The second kappa shape index (κ2) is 5.90. The standard InChI is InChI=1S/C16H20FN3/c17-16-14(10-18)2-1-3-15(16)12-20-8-6-19(7-9-20)11-13-4-5-13/h1-3,13H,4-9,11-12H2. The number of nitrogens with zero attached hydrogens (tertiary/aromatic N) is 3. The van der Waals surface area contributed by atoms with Crippen molar-refractivity contribution in [1.82, 2.24) is 9.80 Å². The zero-order valence-corrected chi connectivity index (χ0v) is 11.7. The lowest BCUT2D eigenvalue weighted by atomic mass is 10.1. The van der Waals surface area contributed by atoms with Crippen LogP contribution in [0.5, 0.6) is 0 Å². The lowest BCUT2D eigenvalue weighted by molar-refractivity contribution is 0.122. The van der Waals surface area contributed by atoms with E-state index in [-0.39, 0.29) is 11.4 Å². The zero-order chi connectivity index (χ0) is 13.9. The fraction of sp³-hybridized carbons (Fsp3) is 0.562. The first-order chi connectivity index (χ1) is 9.76. The third kappa shape index (κ3) is 3.17. The maximum absolute atomic E-state index is 14.0. The number of hydrogen-bond donors (Lipinski definition) is 0. The van der Waals surface area contributed by atoms with Gasteiger partial charge in [-0.15, -0.1) is 0 Å². The maximum atomic E-state index is 14.0. The minimum absolute atomic E-state index is 0.148. The molecule has 0 radical (unpaired) electrons. The number of halogens is 1. The molecule has 1 aromatic rings. The minimum Gasteiger partial charge on any atom is -0.301 e. The van der Waals surface area contributed by atoms with Gasteiger partial charge in [0.1, 0.15) is 11.9 Å². The SMILES string of the molecule is N#Cc1cccc(CN2CCN(CC3CC3)CC2)c1F. The van der Waals surface area contributed by atoms with Crippen LogP contribution >= 0.6 is 0 Å². The van der Waals surface area contributed by atoms with E-state index in [1.807, 2.05) is 6.07 Å². The first-order valence-corrected chi connectivity index (χ1v) is 7.38. The van der Waals surface area contributed by atoms with Crippen LogP contribution in [0.15, 0.2) is 18.2 Å². The molecule has 20 heavy (non-hydrogen) atoms. The highest BCUT2D eigenvalue weighted by atomic mass is 19.1. The van der Waals surface area contributed by atoms with Crippen molar-refractivity contribution < 1.29 is 4.39 Å². The third-order valence-corrected chi connectivity index (χ3v) is 4.27. The summed E-state index contributed by atoms with van der Waals surface area (Å²) < 4.78 is 14.0. The Morgan fingerprint density at radius 1 is 1.15 bits per heavy atom. The third-order valence-electron chi connectivity index (χ3n) is 4.27. The quantitative estimate of drug-likeness (QED) is 0.842. The normalized spacial score (nSPS) is 20.8. The van der Waals surface area contributed by atoms with E-state index in [1.54, 1.807) is 12.1 Å². The fourth-order valence-corrected chi connectivity index (χ4v) is 2.82. The molecule has 0 N–H and O–H groups in total. The van der Waals surface area contributed by atoms with Crippen LogP contribution in [-0.4, -0.2) is 42.5 Å². The molecule has 0 unspecified atom stereocenters. The highest BCUT2D eigenvalue weighted by molar-refractivity contribution is 5.34. The number of piperazine rings is 1. The molecule has 0 aromatic heterocycles. The Bertz CT molecular complexity index is 511. The molecular weight excluding hydrogens is 253 g/mol. The van der Waals surface area contributed by atoms with Gasteiger partial charge < -0.3 is 4.90 Å². The molecule has 1 aliphatic heterocycles. The van der Waals surface area contributed by atoms with E-state index in [0.29, 0.717) is 12.1 Å². The summed E-state index contributed by atoms with van der Waals surface area (Å²) in [6.45, 7) is 5.99. The van der Waals surface area contributed by atoms with E-state index in [4.69, 9.17) is 5.26 Å². The summed E-state index contributed by atoms with van der Waals surface area (Å²) in [6, 6.07) is 6.99. The van der Waals surface area contributed by atoms with Crippen molar-refractivity contribution in [2.75, 3.05) is 32.7 Å². The van der Waals surface area contributed by atoms with Crippen molar-refractivity contribution in [3.8, 4) is 6.07 Å². The molecular formula is C16H20FN3. The van der Waals surface area contributed by atoms with Crippen LogP contribution < -0.4 is 0 Å². The molecule has 2 aliphatic rings. The smallest absolute Gasteiger partial charge is 0.145 e. The molecule has 0 spiro atoms. The molecule has 1 saturated carbocycles. The predicted molar refractivity (Wildman–Crippen MR) is 75.6 cm³/mol. The van der Waals surface area contributed by atoms with Crippen molar-refractivity contribution in [1.29, 1.82) is 5.26 Å². The molecule has 0 amide bonds. The van der Waals surface area contributed by atoms with Crippen LogP contribution in [0.25, 0.3) is 0 Å². The Hall–Kier alpha value is -1.44. The molecule has 3 rings (SSSR count). The topological polar surface area (TPSA) is 30.3 Å². The maximum Gasteiger partial charge on any atom is 0.145 e. The number of nitriles is 1. The van der Waals surface area contributed by atoms with Crippen LogP contribution in [0.2, 0.25) is 0 Å².